The van der Waals surface area contributed by atoms with E-state index in [4.69, 9.17) is 4.74 Å². The Morgan fingerprint density at radius 2 is 2.05 bits per heavy atom. The van der Waals surface area contributed by atoms with Crippen molar-refractivity contribution in [2.24, 2.45) is 0 Å². The van der Waals surface area contributed by atoms with Crippen LogP contribution in [0, 0.1) is 6.92 Å². The second-order valence-electron chi connectivity index (χ2n) is 5.21. The lowest BCUT2D eigenvalue weighted by molar-refractivity contribution is 0.0893. The van der Waals surface area contributed by atoms with E-state index in [9.17, 15) is 15.0 Å². The molecule has 0 amide bonds. The summed E-state index contributed by atoms with van der Waals surface area (Å²) in [4.78, 5) is 12.0. The average molecular weight is 272 g/mol. The van der Waals surface area contributed by atoms with E-state index in [1.165, 1.54) is 0 Å². The lowest BCUT2D eigenvalue weighted by atomic mass is 9.85. The number of aryl methyl sites for hydroxylation is 1. The fraction of sp³-hybridized carbons (Fsp3) is 0.312. The van der Waals surface area contributed by atoms with Crippen molar-refractivity contribution in [2.75, 3.05) is 7.11 Å². The van der Waals surface area contributed by atoms with Gasteiger partial charge in [0.05, 0.1) is 18.8 Å². The minimum Gasteiger partial charge on any atom is -0.507 e. The van der Waals surface area contributed by atoms with Gasteiger partial charge in [-0.05, 0) is 48.1 Å². The molecule has 0 heterocycles. The Labute approximate surface area is 116 Å². The van der Waals surface area contributed by atoms with Crippen molar-refractivity contribution in [1.29, 1.82) is 0 Å². The Morgan fingerprint density at radius 3 is 2.75 bits per heavy atom. The van der Waals surface area contributed by atoms with Gasteiger partial charge in [-0.15, -0.1) is 0 Å². The van der Waals surface area contributed by atoms with E-state index in [1.807, 2.05) is 13.0 Å². The van der Waals surface area contributed by atoms with Crippen molar-refractivity contribution >= 4 is 16.6 Å². The van der Waals surface area contributed by atoms with Gasteiger partial charge < -0.3 is 14.9 Å². The predicted octanol–water partition coefficient (Wildman–Crippen LogP) is 2.87. The molecule has 2 aromatic carbocycles. The van der Waals surface area contributed by atoms with Gasteiger partial charge in [0.25, 0.3) is 0 Å². The summed E-state index contributed by atoms with van der Waals surface area (Å²) in [6.07, 6.45) is -0.0353. The summed E-state index contributed by atoms with van der Waals surface area (Å²) in [5.74, 6) is 0.548. The highest BCUT2D eigenvalue weighted by molar-refractivity contribution is 6.08. The molecule has 3 rings (SSSR count). The van der Waals surface area contributed by atoms with E-state index in [0.717, 1.165) is 10.9 Å². The lowest BCUT2D eigenvalue weighted by Crippen LogP contribution is -2.15. The van der Waals surface area contributed by atoms with Crippen LogP contribution >= 0.6 is 0 Å². The maximum absolute atomic E-state index is 12.0. The van der Waals surface area contributed by atoms with Crippen molar-refractivity contribution in [1.82, 2.24) is 0 Å². The molecule has 104 valence electrons. The van der Waals surface area contributed by atoms with E-state index in [-0.39, 0.29) is 23.5 Å². The zero-order chi connectivity index (χ0) is 14.4. The summed E-state index contributed by atoms with van der Waals surface area (Å²) in [6.45, 7) is 1.86. The summed E-state index contributed by atoms with van der Waals surface area (Å²) in [5.41, 5.74) is 1.62. The highest BCUT2D eigenvalue weighted by Crippen LogP contribution is 2.42. The Kier molecular flexibility index (Phi) is 2.91. The van der Waals surface area contributed by atoms with Crippen molar-refractivity contribution in [2.45, 2.75) is 25.9 Å². The van der Waals surface area contributed by atoms with Gasteiger partial charge in [0.15, 0.2) is 5.78 Å². The average Bonchev–Trinajstić information content (AvgIpc) is 2.42. The predicted molar refractivity (Wildman–Crippen MR) is 75.4 cm³/mol. The number of aromatic hydroxyl groups is 1. The maximum Gasteiger partial charge on any atom is 0.167 e. The summed E-state index contributed by atoms with van der Waals surface area (Å²) in [7, 11) is 1.58. The molecule has 0 saturated heterocycles. The number of ketones is 1. The molecular weight excluding hydrogens is 256 g/mol. The molecule has 1 aliphatic rings. The van der Waals surface area contributed by atoms with Crippen LogP contribution in [0.15, 0.2) is 18.2 Å². The van der Waals surface area contributed by atoms with Crippen LogP contribution in [0.25, 0.3) is 10.8 Å². The standard InChI is InChI=1S/C16H16O4/c1-8-5-10(20-2)6-9-7-11-12(17)3-4-13(18)15(11)16(19)14(8)9/h5-7,12,17,19H,3-4H2,1-2H3. The van der Waals surface area contributed by atoms with E-state index in [0.29, 0.717) is 23.1 Å². The largest absolute Gasteiger partial charge is 0.507 e. The molecule has 0 bridgehead atoms. The molecule has 0 fully saturated rings. The van der Waals surface area contributed by atoms with Gasteiger partial charge in [-0.3, -0.25) is 4.79 Å². The van der Waals surface area contributed by atoms with Crippen LogP contribution in [0.1, 0.15) is 40.4 Å². The molecular formula is C16H16O4. The minimum absolute atomic E-state index is 0.0265. The smallest absolute Gasteiger partial charge is 0.167 e. The highest BCUT2D eigenvalue weighted by atomic mass is 16.5. The SMILES string of the molecule is COc1cc(C)c2c(O)c3c(cc2c1)C(O)CCC3=O. The van der Waals surface area contributed by atoms with Crippen LogP contribution in [0.5, 0.6) is 11.5 Å². The first-order chi connectivity index (χ1) is 9.52. The normalized spacial score (nSPS) is 18.1. The molecule has 4 nitrogen and oxygen atoms in total. The number of aliphatic hydroxyl groups excluding tert-OH is 1. The number of carbonyl (C=O) groups excluding carboxylic acids is 1. The van der Waals surface area contributed by atoms with Crippen LogP contribution in [0.4, 0.5) is 0 Å². The second kappa shape index (κ2) is 4.49. The summed E-state index contributed by atoms with van der Waals surface area (Å²) in [6, 6.07) is 5.40. The first kappa shape index (κ1) is 12.9. The first-order valence-electron chi connectivity index (χ1n) is 6.58. The van der Waals surface area contributed by atoms with Crippen LogP contribution in [-0.4, -0.2) is 23.1 Å². The molecule has 0 aliphatic heterocycles. The number of carbonyl (C=O) groups is 1. The Bertz CT molecular complexity index is 718. The number of hydrogen-bond acceptors (Lipinski definition) is 4. The summed E-state index contributed by atoms with van der Waals surface area (Å²) >= 11 is 0. The molecule has 4 heteroatoms. The third kappa shape index (κ3) is 1.76. The van der Waals surface area contributed by atoms with Crippen molar-refractivity contribution in [3.05, 3.63) is 34.9 Å². The number of aliphatic hydroxyl groups is 1. The number of hydrogen-bond donors (Lipinski definition) is 2. The van der Waals surface area contributed by atoms with Crippen molar-refractivity contribution in [3.8, 4) is 11.5 Å². The number of methoxy groups -OCH3 is 1. The highest BCUT2D eigenvalue weighted by Gasteiger charge is 2.28. The number of phenolic OH excluding ortho intramolecular Hbond substituents is 1. The van der Waals surface area contributed by atoms with Crippen LogP contribution < -0.4 is 4.74 Å². The van der Waals surface area contributed by atoms with Gasteiger partial charge in [-0.2, -0.15) is 0 Å². The maximum atomic E-state index is 12.0. The number of rotatable bonds is 1. The van der Waals surface area contributed by atoms with Gasteiger partial charge in [0, 0.05) is 11.8 Å². The number of phenols is 1. The topological polar surface area (TPSA) is 66.8 Å². The third-order valence-corrected chi connectivity index (χ3v) is 3.93. The summed E-state index contributed by atoms with van der Waals surface area (Å²) < 4.78 is 5.22. The lowest BCUT2D eigenvalue weighted by Gasteiger charge is -2.23. The van der Waals surface area contributed by atoms with Crippen molar-refractivity contribution in [3.63, 3.8) is 0 Å². The Hall–Kier alpha value is -2.07. The van der Waals surface area contributed by atoms with Gasteiger partial charge in [0.2, 0.25) is 0 Å². The quantitative estimate of drug-likeness (QED) is 0.837. The summed E-state index contributed by atoms with van der Waals surface area (Å²) in [5, 5.41) is 21.9. The molecule has 0 saturated carbocycles. The first-order valence-corrected chi connectivity index (χ1v) is 6.58. The molecule has 0 aromatic heterocycles. The zero-order valence-corrected chi connectivity index (χ0v) is 11.4. The third-order valence-electron chi connectivity index (χ3n) is 3.93. The fourth-order valence-corrected chi connectivity index (χ4v) is 2.94. The molecule has 2 aromatic rings. The molecule has 1 atom stereocenters. The fourth-order valence-electron chi connectivity index (χ4n) is 2.94. The van der Waals surface area contributed by atoms with E-state index < -0.39 is 6.10 Å². The van der Waals surface area contributed by atoms with Crippen LogP contribution in [0.3, 0.4) is 0 Å². The molecule has 2 N–H and O–H groups in total. The molecule has 0 radical (unpaired) electrons. The van der Waals surface area contributed by atoms with Crippen molar-refractivity contribution < 1.29 is 19.7 Å². The second-order valence-corrected chi connectivity index (χ2v) is 5.21. The Balaban J connectivity index is 2.41. The van der Waals surface area contributed by atoms with Crippen LogP contribution in [-0.2, 0) is 0 Å². The van der Waals surface area contributed by atoms with E-state index in [2.05, 4.69) is 0 Å². The van der Waals surface area contributed by atoms with Gasteiger partial charge in [-0.25, -0.2) is 0 Å². The Morgan fingerprint density at radius 1 is 1.30 bits per heavy atom. The van der Waals surface area contributed by atoms with E-state index >= 15 is 0 Å². The van der Waals surface area contributed by atoms with Crippen LogP contribution in [0.2, 0.25) is 0 Å². The molecule has 1 unspecified atom stereocenters. The number of Topliss-reactive ketones (excluding diaryl/α,β-unsaturated/α-hetero) is 1. The molecule has 1 aliphatic carbocycles. The molecule has 0 spiro atoms. The van der Waals surface area contributed by atoms with Gasteiger partial charge in [-0.1, -0.05) is 0 Å². The number of ether oxygens (including phenoxy) is 1. The minimum atomic E-state index is -0.704. The van der Waals surface area contributed by atoms with Gasteiger partial charge in [0.1, 0.15) is 11.5 Å². The number of fused-ring (bicyclic) bond motifs is 2. The van der Waals surface area contributed by atoms with E-state index in [1.54, 1.807) is 19.2 Å². The molecule has 20 heavy (non-hydrogen) atoms. The monoisotopic (exact) mass is 272 g/mol. The van der Waals surface area contributed by atoms with Gasteiger partial charge >= 0.3 is 0 Å². The number of benzene rings is 2. The zero-order valence-electron chi connectivity index (χ0n) is 11.4.